The summed E-state index contributed by atoms with van der Waals surface area (Å²) in [5.74, 6) is -1.43. The van der Waals surface area contributed by atoms with Crippen molar-refractivity contribution in [2.45, 2.75) is 6.92 Å². The van der Waals surface area contributed by atoms with Gasteiger partial charge in [0.2, 0.25) is 11.1 Å². The van der Waals surface area contributed by atoms with Gasteiger partial charge < -0.3 is 5.11 Å². The fourth-order valence-electron chi connectivity index (χ4n) is 2.49. The van der Waals surface area contributed by atoms with Gasteiger partial charge in [0.05, 0.1) is 28.2 Å². The van der Waals surface area contributed by atoms with Gasteiger partial charge in [0.25, 0.3) is 0 Å². The van der Waals surface area contributed by atoms with Crippen molar-refractivity contribution in [3.63, 3.8) is 0 Å². The van der Waals surface area contributed by atoms with Gasteiger partial charge in [-0.3, -0.25) is 4.79 Å². The highest BCUT2D eigenvalue weighted by Gasteiger charge is 2.19. The van der Waals surface area contributed by atoms with Crippen LogP contribution in [0.15, 0.2) is 41.2 Å². The molecule has 0 fully saturated rings. The molecule has 1 heterocycles. The van der Waals surface area contributed by atoms with Gasteiger partial charge in [-0.05, 0) is 42.1 Å². The average Bonchev–Trinajstić information content (AvgIpc) is 2.57. The molecule has 0 saturated heterocycles. The van der Waals surface area contributed by atoms with E-state index in [0.29, 0.717) is 11.2 Å². The van der Waals surface area contributed by atoms with Crippen LogP contribution in [0, 0.1) is 18.3 Å². The summed E-state index contributed by atoms with van der Waals surface area (Å²) in [6, 6.07) is 12.2. The lowest BCUT2D eigenvalue weighted by Gasteiger charge is -2.13. The average molecular weight is 337 g/mol. The number of carboxylic acid groups (broad SMARTS) is 1. The van der Waals surface area contributed by atoms with Gasteiger partial charge in [0.1, 0.15) is 0 Å². The molecule has 2 aromatic carbocycles. The molecule has 0 aliphatic heterocycles. The molecule has 3 aromatic rings. The highest BCUT2D eigenvalue weighted by Crippen LogP contribution is 2.19. The number of hydrogen-bond donors (Lipinski definition) is 1. The Morgan fingerprint density at radius 1 is 1.33 bits per heavy atom. The van der Waals surface area contributed by atoms with Crippen molar-refractivity contribution in [2.75, 3.05) is 0 Å². The first-order valence-electron chi connectivity index (χ1n) is 7.00. The normalized spacial score (nSPS) is 10.5. The number of aromatic nitrogens is 2. The summed E-state index contributed by atoms with van der Waals surface area (Å²) < 4.78 is 1.39. The Kier molecular flexibility index (Phi) is 3.88. The molecule has 0 aliphatic rings. The SMILES string of the molecule is Cc1cc(-n2nc(C(=O)O)c(=O)c3c(C#N)cccc32)ccc1P. The van der Waals surface area contributed by atoms with Crippen LogP contribution in [-0.4, -0.2) is 20.9 Å². The molecule has 0 amide bonds. The predicted octanol–water partition coefficient (Wildman–Crippen LogP) is 1.76. The number of aromatic carboxylic acids is 1. The minimum absolute atomic E-state index is 0.0556. The largest absolute Gasteiger partial charge is 0.476 e. The van der Waals surface area contributed by atoms with E-state index in [9.17, 15) is 20.0 Å². The van der Waals surface area contributed by atoms with Gasteiger partial charge in [-0.15, -0.1) is 9.24 Å². The number of carbonyl (C=O) groups is 1. The molecule has 1 unspecified atom stereocenters. The number of nitrogens with zero attached hydrogens (tertiary/aromatic N) is 3. The zero-order valence-corrected chi connectivity index (χ0v) is 13.8. The molecular formula is C17H12N3O3P. The van der Waals surface area contributed by atoms with Crippen LogP contribution in [0.5, 0.6) is 0 Å². The Bertz CT molecular complexity index is 1100. The third-order valence-corrected chi connectivity index (χ3v) is 4.38. The van der Waals surface area contributed by atoms with Gasteiger partial charge in [0, 0.05) is 0 Å². The van der Waals surface area contributed by atoms with Gasteiger partial charge >= 0.3 is 5.97 Å². The zero-order valence-electron chi connectivity index (χ0n) is 12.6. The molecule has 3 rings (SSSR count). The second-order valence-electron chi connectivity index (χ2n) is 5.25. The van der Waals surface area contributed by atoms with Crippen molar-refractivity contribution in [3.05, 3.63) is 63.4 Å². The highest BCUT2D eigenvalue weighted by atomic mass is 31.0. The first kappa shape index (κ1) is 15.9. The summed E-state index contributed by atoms with van der Waals surface area (Å²) in [6.45, 7) is 1.91. The molecule has 1 N–H and O–H groups in total. The van der Waals surface area contributed by atoms with E-state index in [2.05, 4.69) is 14.3 Å². The summed E-state index contributed by atoms with van der Waals surface area (Å²) >= 11 is 0. The monoisotopic (exact) mass is 337 g/mol. The van der Waals surface area contributed by atoms with Crippen molar-refractivity contribution in [1.29, 1.82) is 5.26 Å². The number of nitriles is 1. The van der Waals surface area contributed by atoms with E-state index in [1.165, 1.54) is 10.7 Å². The lowest BCUT2D eigenvalue weighted by Crippen LogP contribution is -2.23. The maximum atomic E-state index is 12.4. The van der Waals surface area contributed by atoms with Gasteiger partial charge in [-0.2, -0.15) is 10.4 Å². The van der Waals surface area contributed by atoms with E-state index < -0.39 is 17.1 Å². The molecular weight excluding hydrogens is 325 g/mol. The first-order chi connectivity index (χ1) is 11.4. The molecule has 1 aromatic heterocycles. The number of benzene rings is 2. The van der Waals surface area contributed by atoms with Crippen molar-refractivity contribution >= 4 is 31.4 Å². The molecule has 0 aliphatic carbocycles. The quantitative estimate of drug-likeness (QED) is 0.719. The van der Waals surface area contributed by atoms with Crippen LogP contribution in [-0.2, 0) is 0 Å². The standard InChI is InChI=1S/C17H12N3O3P/c1-9-7-11(5-6-13(9)24)20-12-4-2-3-10(8-18)14(12)16(21)15(19-20)17(22)23/h2-7H,24H2,1H3,(H,22,23). The summed E-state index contributed by atoms with van der Waals surface area (Å²) in [5.41, 5.74) is 0.722. The fraction of sp³-hybridized carbons (Fsp3) is 0.0588. The summed E-state index contributed by atoms with van der Waals surface area (Å²) in [6.07, 6.45) is 0. The molecule has 0 bridgehead atoms. The number of rotatable bonds is 2. The maximum Gasteiger partial charge on any atom is 0.360 e. The van der Waals surface area contributed by atoms with E-state index in [-0.39, 0.29) is 10.9 Å². The zero-order chi connectivity index (χ0) is 17.4. The number of carboxylic acids is 1. The minimum atomic E-state index is -1.43. The van der Waals surface area contributed by atoms with E-state index in [4.69, 9.17) is 0 Å². The molecule has 0 spiro atoms. The van der Waals surface area contributed by atoms with E-state index in [1.807, 2.05) is 25.1 Å². The van der Waals surface area contributed by atoms with Crippen LogP contribution in [0.25, 0.3) is 16.6 Å². The molecule has 1 atom stereocenters. The Balaban J connectivity index is 2.50. The number of fused-ring (bicyclic) bond motifs is 1. The second-order valence-corrected chi connectivity index (χ2v) is 5.87. The Hall–Kier alpha value is -3.03. The molecule has 118 valence electrons. The van der Waals surface area contributed by atoms with E-state index >= 15 is 0 Å². The second kappa shape index (κ2) is 5.88. The Morgan fingerprint density at radius 2 is 2.08 bits per heavy atom. The van der Waals surface area contributed by atoms with Crippen LogP contribution in [0.3, 0.4) is 0 Å². The van der Waals surface area contributed by atoms with Crippen LogP contribution < -0.4 is 10.7 Å². The third-order valence-electron chi connectivity index (χ3n) is 3.73. The topological polar surface area (TPSA) is 96.0 Å². The number of hydrogen-bond acceptors (Lipinski definition) is 4. The van der Waals surface area contributed by atoms with Gasteiger partial charge in [-0.25, -0.2) is 9.48 Å². The predicted molar refractivity (Wildman–Crippen MR) is 93.1 cm³/mol. The van der Waals surface area contributed by atoms with E-state index in [0.717, 1.165) is 10.9 Å². The van der Waals surface area contributed by atoms with Gasteiger partial charge in [0.15, 0.2) is 0 Å². The smallest absolute Gasteiger partial charge is 0.360 e. The minimum Gasteiger partial charge on any atom is -0.476 e. The summed E-state index contributed by atoms with van der Waals surface area (Å²) in [4.78, 5) is 23.9. The summed E-state index contributed by atoms with van der Waals surface area (Å²) in [5, 5.41) is 23.6. The Labute approximate surface area is 139 Å². The van der Waals surface area contributed by atoms with E-state index in [1.54, 1.807) is 18.2 Å². The van der Waals surface area contributed by atoms with Crippen molar-refractivity contribution < 1.29 is 9.90 Å². The fourth-order valence-corrected chi connectivity index (χ4v) is 2.67. The molecule has 24 heavy (non-hydrogen) atoms. The van der Waals surface area contributed by atoms with Crippen LogP contribution in [0.1, 0.15) is 21.6 Å². The van der Waals surface area contributed by atoms with Crippen LogP contribution in [0.4, 0.5) is 0 Å². The van der Waals surface area contributed by atoms with Gasteiger partial charge in [-0.1, -0.05) is 12.1 Å². The van der Waals surface area contributed by atoms with Crippen molar-refractivity contribution in [2.24, 2.45) is 0 Å². The molecule has 7 heteroatoms. The Morgan fingerprint density at radius 3 is 2.71 bits per heavy atom. The third kappa shape index (κ3) is 2.45. The summed E-state index contributed by atoms with van der Waals surface area (Å²) in [7, 11) is 2.61. The van der Waals surface area contributed by atoms with Crippen LogP contribution in [0.2, 0.25) is 0 Å². The highest BCUT2D eigenvalue weighted by molar-refractivity contribution is 7.27. The molecule has 0 saturated carbocycles. The van der Waals surface area contributed by atoms with Crippen LogP contribution >= 0.6 is 9.24 Å². The number of aryl methyl sites for hydroxylation is 1. The lowest BCUT2D eigenvalue weighted by atomic mass is 10.1. The van der Waals surface area contributed by atoms with Crippen molar-refractivity contribution in [1.82, 2.24) is 9.78 Å². The lowest BCUT2D eigenvalue weighted by molar-refractivity contribution is 0.0687. The van der Waals surface area contributed by atoms with Crippen molar-refractivity contribution in [3.8, 4) is 11.8 Å². The maximum absolute atomic E-state index is 12.4. The molecule has 0 radical (unpaired) electrons. The molecule has 6 nitrogen and oxygen atoms in total. The first-order valence-corrected chi connectivity index (χ1v) is 7.57.